The molecule has 0 saturated carbocycles. The number of nitrogens with two attached hydrogens (primary N) is 1. The van der Waals surface area contributed by atoms with Gasteiger partial charge in [0.05, 0.1) is 0 Å². The summed E-state index contributed by atoms with van der Waals surface area (Å²) in [5.74, 6) is 0.697. The summed E-state index contributed by atoms with van der Waals surface area (Å²) in [6.45, 7) is 7.40. The van der Waals surface area contributed by atoms with Gasteiger partial charge in [0.25, 0.3) is 0 Å². The molecule has 4 nitrogen and oxygen atoms in total. The van der Waals surface area contributed by atoms with Crippen molar-refractivity contribution in [2.75, 3.05) is 26.2 Å². The zero-order chi connectivity index (χ0) is 14.5. The van der Waals surface area contributed by atoms with Crippen LogP contribution in [0, 0.1) is 5.92 Å². The Labute approximate surface area is 125 Å². The molecule has 20 heavy (non-hydrogen) atoms. The molecule has 5 heteroatoms. The molecular weight excluding hydrogens is 270 g/mol. The van der Waals surface area contributed by atoms with Gasteiger partial charge >= 0.3 is 0 Å². The highest BCUT2D eigenvalue weighted by Crippen LogP contribution is 2.30. The fourth-order valence-corrected chi connectivity index (χ4v) is 3.59. The Morgan fingerprint density at radius 1 is 1.55 bits per heavy atom. The Morgan fingerprint density at radius 3 is 2.95 bits per heavy atom. The van der Waals surface area contributed by atoms with Crippen molar-refractivity contribution in [2.24, 2.45) is 11.7 Å². The number of hydrogen-bond acceptors (Lipinski definition) is 4. The van der Waals surface area contributed by atoms with E-state index < -0.39 is 0 Å². The molecule has 1 aromatic heterocycles. The molecular formula is C15H25N3OS. The van der Waals surface area contributed by atoms with Gasteiger partial charge in [0.2, 0.25) is 5.91 Å². The van der Waals surface area contributed by atoms with E-state index in [-0.39, 0.29) is 17.9 Å². The van der Waals surface area contributed by atoms with E-state index >= 15 is 0 Å². The lowest BCUT2D eigenvalue weighted by molar-refractivity contribution is -0.125. The summed E-state index contributed by atoms with van der Waals surface area (Å²) in [6.07, 6.45) is 1.03. The van der Waals surface area contributed by atoms with Crippen molar-refractivity contribution in [1.82, 2.24) is 10.2 Å². The topological polar surface area (TPSA) is 58.4 Å². The van der Waals surface area contributed by atoms with Crippen molar-refractivity contribution in [3.05, 3.63) is 22.4 Å². The summed E-state index contributed by atoms with van der Waals surface area (Å²) < 4.78 is 0. The predicted octanol–water partition coefficient (Wildman–Crippen LogP) is 1.64. The maximum Gasteiger partial charge on any atom is 0.222 e. The van der Waals surface area contributed by atoms with E-state index in [0.717, 1.165) is 26.1 Å². The number of likely N-dealkylation sites (tertiary alicyclic amines) is 1. The minimum atomic E-state index is 0.0417. The van der Waals surface area contributed by atoms with Crippen LogP contribution in [0.15, 0.2) is 17.5 Å². The molecule has 1 amide bonds. The third kappa shape index (κ3) is 4.04. The van der Waals surface area contributed by atoms with Gasteiger partial charge < -0.3 is 11.1 Å². The van der Waals surface area contributed by atoms with Crippen LogP contribution in [0.2, 0.25) is 0 Å². The molecule has 112 valence electrons. The summed E-state index contributed by atoms with van der Waals surface area (Å²) >= 11 is 1.81. The Bertz CT molecular complexity index is 419. The van der Waals surface area contributed by atoms with Gasteiger partial charge in [-0.2, -0.15) is 0 Å². The molecule has 2 heterocycles. The van der Waals surface area contributed by atoms with E-state index in [1.165, 1.54) is 4.88 Å². The van der Waals surface area contributed by atoms with E-state index in [0.29, 0.717) is 12.5 Å². The van der Waals surface area contributed by atoms with E-state index in [1.807, 2.05) is 13.8 Å². The Kier molecular flexibility index (Phi) is 5.57. The molecule has 3 N–H and O–H groups in total. The van der Waals surface area contributed by atoms with E-state index in [4.69, 9.17) is 5.73 Å². The van der Waals surface area contributed by atoms with Gasteiger partial charge in [0, 0.05) is 48.9 Å². The number of nitrogens with zero attached hydrogens (tertiary/aromatic N) is 1. The van der Waals surface area contributed by atoms with E-state index in [2.05, 4.69) is 27.7 Å². The molecule has 0 radical (unpaired) electrons. The number of carbonyl (C=O) groups excluding carboxylic acids is 1. The molecule has 1 saturated heterocycles. The number of nitrogens with one attached hydrogen (secondary N) is 1. The van der Waals surface area contributed by atoms with Crippen LogP contribution in [0.1, 0.15) is 31.1 Å². The quantitative estimate of drug-likeness (QED) is 0.868. The van der Waals surface area contributed by atoms with Crippen molar-refractivity contribution < 1.29 is 4.79 Å². The van der Waals surface area contributed by atoms with Gasteiger partial charge in [-0.05, 0) is 17.9 Å². The number of hydrogen-bond donors (Lipinski definition) is 2. The number of carbonyl (C=O) groups is 1. The number of amides is 1. The van der Waals surface area contributed by atoms with Crippen LogP contribution in [0.3, 0.4) is 0 Å². The maximum absolute atomic E-state index is 11.9. The van der Waals surface area contributed by atoms with Gasteiger partial charge in [0.15, 0.2) is 0 Å². The third-order valence-corrected chi connectivity index (χ3v) is 4.82. The Morgan fingerprint density at radius 2 is 2.35 bits per heavy atom. The Balaban J connectivity index is 2.02. The summed E-state index contributed by atoms with van der Waals surface area (Å²) in [5.41, 5.74) is 5.69. The summed E-state index contributed by atoms with van der Waals surface area (Å²) in [4.78, 5) is 15.7. The van der Waals surface area contributed by atoms with E-state index in [1.54, 1.807) is 11.3 Å². The maximum atomic E-state index is 11.9. The largest absolute Gasteiger partial charge is 0.352 e. The first-order valence-corrected chi connectivity index (χ1v) is 8.24. The predicted molar refractivity (Wildman–Crippen MR) is 83.9 cm³/mol. The molecule has 2 rings (SSSR count). The minimum Gasteiger partial charge on any atom is -0.352 e. The molecule has 0 aromatic carbocycles. The molecule has 1 aromatic rings. The molecule has 0 aliphatic carbocycles. The standard InChI is InChI=1S/C15H25N3OS/c1-11(2)15(19)17-13-8-12(14-4-3-7-20-14)9-18(10-13)6-5-16/h3-4,7,11-13H,5-6,8-10,16H2,1-2H3,(H,17,19). The molecule has 1 aliphatic heterocycles. The fraction of sp³-hybridized carbons (Fsp3) is 0.667. The molecule has 0 spiro atoms. The van der Waals surface area contributed by atoms with Gasteiger partial charge in [-0.15, -0.1) is 11.3 Å². The van der Waals surface area contributed by atoms with Gasteiger partial charge in [-0.1, -0.05) is 19.9 Å². The first-order chi connectivity index (χ1) is 9.60. The van der Waals surface area contributed by atoms with Crippen LogP contribution in [0.25, 0.3) is 0 Å². The van der Waals surface area contributed by atoms with Crippen LogP contribution < -0.4 is 11.1 Å². The highest BCUT2D eigenvalue weighted by Gasteiger charge is 2.29. The molecule has 1 aliphatic rings. The second kappa shape index (κ2) is 7.20. The van der Waals surface area contributed by atoms with Crippen LogP contribution in [0.5, 0.6) is 0 Å². The van der Waals surface area contributed by atoms with Crippen LogP contribution in [0.4, 0.5) is 0 Å². The van der Waals surface area contributed by atoms with Crippen molar-refractivity contribution in [3.8, 4) is 0 Å². The van der Waals surface area contributed by atoms with Crippen molar-refractivity contribution in [2.45, 2.75) is 32.2 Å². The van der Waals surface area contributed by atoms with Crippen molar-refractivity contribution >= 4 is 17.2 Å². The van der Waals surface area contributed by atoms with Crippen LogP contribution in [-0.2, 0) is 4.79 Å². The average molecular weight is 295 g/mol. The second-order valence-electron chi connectivity index (χ2n) is 5.86. The Hall–Kier alpha value is -0.910. The SMILES string of the molecule is CC(C)C(=O)NC1CC(c2cccs2)CN(CCN)C1. The summed E-state index contributed by atoms with van der Waals surface area (Å²) in [7, 11) is 0. The minimum absolute atomic E-state index is 0.0417. The van der Waals surface area contributed by atoms with Crippen LogP contribution in [-0.4, -0.2) is 43.0 Å². The second-order valence-corrected chi connectivity index (χ2v) is 6.84. The lowest BCUT2D eigenvalue weighted by atomic mass is 9.92. The number of thiophene rings is 1. The average Bonchev–Trinajstić information content (AvgIpc) is 2.92. The molecule has 2 unspecified atom stereocenters. The highest BCUT2D eigenvalue weighted by atomic mass is 32.1. The van der Waals surface area contributed by atoms with Gasteiger partial charge in [0.1, 0.15) is 0 Å². The molecule has 1 fully saturated rings. The smallest absolute Gasteiger partial charge is 0.222 e. The van der Waals surface area contributed by atoms with Crippen molar-refractivity contribution in [1.29, 1.82) is 0 Å². The summed E-state index contributed by atoms with van der Waals surface area (Å²) in [5, 5.41) is 5.31. The highest BCUT2D eigenvalue weighted by molar-refractivity contribution is 7.10. The van der Waals surface area contributed by atoms with Crippen molar-refractivity contribution in [3.63, 3.8) is 0 Å². The summed E-state index contributed by atoms with van der Waals surface area (Å²) in [6, 6.07) is 4.53. The number of piperidine rings is 1. The zero-order valence-corrected chi connectivity index (χ0v) is 13.2. The van der Waals surface area contributed by atoms with Gasteiger partial charge in [-0.3, -0.25) is 9.69 Å². The number of rotatable bonds is 5. The first-order valence-electron chi connectivity index (χ1n) is 7.36. The van der Waals surface area contributed by atoms with Gasteiger partial charge in [-0.25, -0.2) is 0 Å². The molecule has 2 atom stereocenters. The normalized spacial score (nSPS) is 24.0. The monoisotopic (exact) mass is 295 g/mol. The van der Waals surface area contributed by atoms with E-state index in [9.17, 15) is 4.79 Å². The lowest BCUT2D eigenvalue weighted by Gasteiger charge is -2.38. The zero-order valence-electron chi connectivity index (χ0n) is 12.3. The molecule has 0 bridgehead atoms. The van der Waals surface area contributed by atoms with Crippen LogP contribution >= 0.6 is 11.3 Å². The fourth-order valence-electron chi connectivity index (χ4n) is 2.76. The lowest BCUT2D eigenvalue weighted by Crippen LogP contribution is -2.51. The first kappa shape index (κ1) is 15.5. The third-order valence-electron chi connectivity index (χ3n) is 3.79.